The molecular weight excluding hydrogens is 226 g/mol. The predicted octanol–water partition coefficient (Wildman–Crippen LogP) is 2.46. The second-order valence-electron chi connectivity index (χ2n) is 3.49. The number of carbonyl (C=O) groups excluding carboxylic acids is 2. The minimum absolute atomic E-state index is 0.159. The van der Waals surface area contributed by atoms with Crippen molar-refractivity contribution in [3.63, 3.8) is 0 Å². The highest BCUT2D eigenvalue weighted by Gasteiger charge is 2.26. The highest BCUT2D eigenvalue weighted by atomic mass is 35.5. The average Bonchev–Trinajstić information content (AvgIpc) is 2.58. The van der Waals surface area contributed by atoms with Crippen LogP contribution in [0.4, 0.5) is 0 Å². The van der Waals surface area contributed by atoms with Crippen molar-refractivity contribution in [2.75, 3.05) is 0 Å². The highest BCUT2D eigenvalue weighted by Crippen LogP contribution is 2.18. The third-order valence-corrected chi connectivity index (χ3v) is 2.74. The molecule has 0 unspecified atom stereocenters. The Bertz CT molecular complexity index is 452. The van der Waals surface area contributed by atoms with E-state index in [4.69, 9.17) is 11.6 Å². The van der Waals surface area contributed by atoms with Crippen LogP contribution in [0.3, 0.4) is 0 Å². The summed E-state index contributed by atoms with van der Waals surface area (Å²) < 4.78 is 0. The van der Waals surface area contributed by atoms with E-state index >= 15 is 0 Å². The van der Waals surface area contributed by atoms with E-state index in [1.54, 1.807) is 12.1 Å². The monoisotopic (exact) mass is 235 g/mol. The molecule has 0 radical (unpaired) electrons. The summed E-state index contributed by atoms with van der Waals surface area (Å²) in [6.07, 6.45) is 3.75. The van der Waals surface area contributed by atoms with Gasteiger partial charge in [-0.15, -0.1) is 0 Å². The third kappa shape index (κ3) is 2.14. The van der Waals surface area contributed by atoms with Gasteiger partial charge in [0.25, 0.3) is 0 Å². The Labute approximate surface area is 98.3 Å². The first kappa shape index (κ1) is 10.9. The van der Waals surface area contributed by atoms with Gasteiger partial charge in [0.05, 0.1) is 0 Å². The number of likely N-dealkylation sites (tertiary alicyclic amines) is 1. The fourth-order valence-corrected chi connectivity index (χ4v) is 1.72. The van der Waals surface area contributed by atoms with Gasteiger partial charge < -0.3 is 0 Å². The third-order valence-electron chi connectivity index (χ3n) is 2.40. The van der Waals surface area contributed by atoms with Gasteiger partial charge in [0.15, 0.2) is 0 Å². The number of rotatable bonds is 2. The van der Waals surface area contributed by atoms with Crippen LogP contribution in [0.25, 0.3) is 6.08 Å². The summed E-state index contributed by atoms with van der Waals surface area (Å²) in [4.78, 5) is 23.8. The van der Waals surface area contributed by atoms with Crippen molar-refractivity contribution >= 4 is 29.5 Å². The molecule has 0 N–H and O–H groups in total. The maximum Gasteiger partial charge on any atom is 0.233 e. The molecule has 1 aromatic carbocycles. The van der Waals surface area contributed by atoms with Crippen molar-refractivity contribution in [1.82, 2.24) is 4.90 Å². The number of benzene rings is 1. The summed E-state index contributed by atoms with van der Waals surface area (Å²) in [5.74, 6) is -0.318. The largest absolute Gasteiger partial charge is 0.274 e. The summed E-state index contributed by atoms with van der Waals surface area (Å²) in [5, 5.41) is 0.595. The van der Waals surface area contributed by atoms with Gasteiger partial charge in [0.2, 0.25) is 11.8 Å². The summed E-state index contributed by atoms with van der Waals surface area (Å²) in [6.45, 7) is 0. The van der Waals surface area contributed by atoms with E-state index < -0.39 is 0 Å². The number of imide groups is 1. The second kappa shape index (κ2) is 4.49. The number of nitrogens with zero attached hydrogens (tertiary/aromatic N) is 1. The maximum atomic E-state index is 11.3. The average molecular weight is 236 g/mol. The number of halogens is 1. The summed E-state index contributed by atoms with van der Waals surface area (Å²) >= 11 is 5.94. The molecule has 1 heterocycles. The first-order chi connectivity index (χ1) is 7.68. The lowest BCUT2D eigenvalue weighted by atomic mass is 10.2. The van der Waals surface area contributed by atoms with Crippen LogP contribution in [-0.4, -0.2) is 16.7 Å². The van der Waals surface area contributed by atoms with Crippen molar-refractivity contribution in [3.8, 4) is 0 Å². The van der Waals surface area contributed by atoms with E-state index in [1.807, 2.05) is 18.2 Å². The fraction of sp³-hybridized carbons (Fsp3) is 0.167. The van der Waals surface area contributed by atoms with E-state index in [2.05, 4.69) is 0 Å². The molecule has 0 aromatic heterocycles. The number of carbonyl (C=O) groups is 2. The highest BCUT2D eigenvalue weighted by molar-refractivity contribution is 6.32. The van der Waals surface area contributed by atoms with Crippen LogP contribution in [0, 0.1) is 0 Å². The van der Waals surface area contributed by atoms with Gasteiger partial charge in [-0.2, -0.15) is 0 Å². The number of hydrogen-bond acceptors (Lipinski definition) is 2. The lowest BCUT2D eigenvalue weighted by Crippen LogP contribution is -2.22. The molecule has 0 atom stereocenters. The summed E-state index contributed by atoms with van der Waals surface area (Å²) in [7, 11) is 0. The molecule has 1 aliphatic rings. The van der Waals surface area contributed by atoms with Crippen LogP contribution < -0.4 is 0 Å². The van der Waals surface area contributed by atoms with Gasteiger partial charge >= 0.3 is 0 Å². The minimum atomic E-state index is -0.159. The second-order valence-corrected chi connectivity index (χ2v) is 3.90. The Morgan fingerprint density at radius 2 is 1.75 bits per heavy atom. The molecule has 4 heteroatoms. The standard InChI is InChI=1S/C12H10ClNO2/c13-10-4-2-1-3-9(10)7-8-14-11(15)5-6-12(14)16/h1-4,7-8H,5-6H2/b8-7+. The van der Waals surface area contributed by atoms with Gasteiger partial charge in [-0.3, -0.25) is 14.5 Å². The van der Waals surface area contributed by atoms with E-state index in [0.717, 1.165) is 10.5 Å². The first-order valence-corrected chi connectivity index (χ1v) is 5.34. The Kier molecular flexibility index (Phi) is 3.06. The molecule has 1 aromatic rings. The fourth-order valence-electron chi connectivity index (χ4n) is 1.53. The minimum Gasteiger partial charge on any atom is -0.274 e. The molecular formula is C12H10ClNO2. The molecule has 1 fully saturated rings. The summed E-state index contributed by atoms with van der Waals surface area (Å²) in [6, 6.07) is 7.25. The first-order valence-electron chi connectivity index (χ1n) is 4.96. The molecule has 16 heavy (non-hydrogen) atoms. The Balaban J connectivity index is 2.18. The molecule has 2 rings (SSSR count). The van der Waals surface area contributed by atoms with Crippen LogP contribution in [-0.2, 0) is 9.59 Å². The molecule has 2 amide bonds. The summed E-state index contributed by atoms with van der Waals surface area (Å²) in [5.41, 5.74) is 0.789. The number of hydrogen-bond donors (Lipinski definition) is 0. The molecule has 0 aliphatic carbocycles. The SMILES string of the molecule is O=C1CCC(=O)N1/C=C/c1ccccc1Cl. The van der Waals surface area contributed by atoms with E-state index in [-0.39, 0.29) is 11.8 Å². The zero-order valence-electron chi connectivity index (χ0n) is 8.52. The molecule has 1 aliphatic heterocycles. The topological polar surface area (TPSA) is 37.4 Å². The van der Waals surface area contributed by atoms with Crippen molar-refractivity contribution in [1.29, 1.82) is 0 Å². The lowest BCUT2D eigenvalue weighted by Gasteiger charge is -2.06. The smallest absolute Gasteiger partial charge is 0.233 e. The lowest BCUT2D eigenvalue weighted by molar-refractivity contribution is -0.135. The van der Waals surface area contributed by atoms with Crippen LogP contribution in [0.2, 0.25) is 5.02 Å². The maximum absolute atomic E-state index is 11.3. The quantitative estimate of drug-likeness (QED) is 0.739. The van der Waals surface area contributed by atoms with E-state index in [0.29, 0.717) is 17.9 Å². The van der Waals surface area contributed by atoms with Gasteiger partial charge in [-0.1, -0.05) is 29.8 Å². The molecule has 1 saturated heterocycles. The van der Waals surface area contributed by atoms with Crippen LogP contribution >= 0.6 is 11.6 Å². The Hall–Kier alpha value is -1.61. The van der Waals surface area contributed by atoms with E-state index in [9.17, 15) is 9.59 Å². The van der Waals surface area contributed by atoms with Crippen molar-refractivity contribution in [3.05, 3.63) is 41.1 Å². The molecule has 0 saturated carbocycles. The molecule has 3 nitrogen and oxygen atoms in total. The molecule has 0 bridgehead atoms. The van der Waals surface area contributed by atoms with Crippen molar-refractivity contribution in [2.45, 2.75) is 12.8 Å². The zero-order valence-corrected chi connectivity index (χ0v) is 9.28. The van der Waals surface area contributed by atoms with Crippen molar-refractivity contribution < 1.29 is 9.59 Å². The number of amides is 2. The van der Waals surface area contributed by atoms with E-state index in [1.165, 1.54) is 6.20 Å². The van der Waals surface area contributed by atoms with Crippen LogP contribution in [0.5, 0.6) is 0 Å². The molecule has 82 valence electrons. The Morgan fingerprint density at radius 1 is 1.12 bits per heavy atom. The van der Waals surface area contributed by atoms with Gasteiger partial charge in [-0.05, 0) is 17.7 Å². The van der Waals surface area contributed by atoms with Gasteiger partial charge in [0, 0.05) is 24.1 Å². The Morgan fingerprint density at radius 3 is 2.38 bits per heavy atom. The normalized spacial score (nSPS) is 16.4. The zero-order chi connectivity index (χ0) is 11.5. The van der Waals surface area contributed by atoms with Gasteiger partial charge in [-0.25, -0.2) is 0 Å². The van der Waals surface area contributed by atoms with Crippen LogP contribution in [0.15, 0.2) is 30.5 Å². The van der Waals surface area contributed by atoms with Crippen molar-refractivity contribution in [2.24, 2.45) is 0 Å². The molecule has 0 spiro atoms. The van der Waals surface area contributed by atoms with Gasteiger partial charge in [0.1, 0.15) is 0 Å². The predicted molar refractivity (Wildman–Crippen MR) is 61.6 cm³/mol. The van der Waals surface area contributed by atoms with Crippen LogP contribution in [0.1, 0.15) is 18.4 Å².